The van der Waals surface area contributed by atoms with Crippen LogP contribution in [0.2, 0.25) is 0 Å². The number of anilines is 1. The van der Waals surface area contributed by atoms with E-state index >= 15 is 8.78 Å². The van der Waals surface area contributed by atoms with Crippen molar-refractivity contribution in [3.05, 3.63) is 106 Å². The molecule has 0 radical (unpaired) electrons. The number of terminal acetylenes is 1. The molecule has 4 N–H and O–H groups in total. The number of likely N-dealkylation sites (tertiary alicyclic amines) is 2. The molecule has 5 fully saturated rings. The highest BCUT2D eigenvalue weighted by molar-refractivity contribution is 6.03. The van der Waals surface area contributed by atoms with E-state index in [1.165, 1.54) is 61.6 Å². The zero-order valence-corrected chi connectivity index (χ0v) is 42.2. The molecule has 15 heteroatoms. The quantitative estimate of drug-likeness (QED) is 0.0866. The van der Waals surface area contributed by atoms with Gasteiger partial charge in [-0.25, -0.2) is 8.78 Å². The second-order valence-electron chi connectivity index (χ2n) is 22.6. The summed E-state index contributed by atoms with van der Waals surface area (Å²) in [6.45, 7) is 12.8. The van der Waals surface area contributed by atoms with Gasteiger partial charge in [0.15, 0.2) is 5.82 Å². The topological polar surface area (TPSA) is 151 Å². The zero-order chi connectivity index (χ0) is 51.0. The summed E-state index contributed by atoms with van der Waals surface area (Å²) in [6, 6.07) is 15.8. The third-order valence-corrected chi connectivity index (χ3v) is 17.2. The molecule has 384 valence electrons. The first kappa shape index (κ1) is 48.3. The highest BCUT2D eigenvalue weighted by atomic mass is 19.1. The summed E-state index contributed by atoms with van der Waals surface area (Å²) in [4.78, 5) is 37.0. The van der Waals surface area contributed by atoms with Gasteiger partial charge in [-0.1, -0.05) is 44.0 Å². The van der Waals surface area contributed by atoms with Crippen LogP contribution in [0.5, 0.6) is 23.3 Å². The molecule has 2 bridgehead atoms. The molecule has 7 heterocycles. The molecule has 1 amide bonds. The molecule has 74 heavy (non-hydrogen) atoms. The SMILES string of the molecule is C#Cc1c(F)ccc2cc(O)cc(-c3ncc4c(N5CC6CCC(C5)N6)nc(OCC5(CN6CCC(C7CCN(Cc8ccc9c(c8)CN(C(=O)c8cc(C(C)C)c(O)cc8O)C9)CC7)CC6)CC5)nc4c3F)c12. The summed E-state index contributed by atoms with van der Waals surface area (Å²) < 4.78 is 38.8. The van der Waals surface area contributed by atoms with Gasteiger partial charge in [-0.2, -0.15) is 9.97 Å². The first-order chi connectivity index (χ1) is 35.8. The van der Waals surface area contributed by atoms with E-state index in [-0.39, 0.29) is 73.8 Å². The number of ether oxygens (including phenoxy) is 1. The number of fused-ring (bicyclic) bond motifs is 5. The average molecular weight is 1000 g/mol. The van der Waals surface area contributed by atoms with E-state index < -0.39 is 11.6 Å². The zero-order valence-electron chi connectivity index (χ0n) is 42.2. The fraction of sp³-hybridized carbons (Fsp3) is 0.458. The number of piperidine rings is 2. The van der Waals surface area contributed by atoms with Gasteiger partial charge in [0, 0.05) is 80.0 Å². The lowest BCUT2D eigenvalue weighted by atomic mass is 9.78. The number of nitrogens with one attached hydrogen (secondary N) is 1. The van der Waals surface area contributed by atoms with Crippen molar-refractivity contribution < 1.29 is 33.6 Å². The number of aromatic hydroxyl groups is 3. The van der Waals surface area contributed by atoms with E-state index in [1.807, 2.05) is 13.8 Å². The summed E-state index contributed by atoms with van der Waals surface area (Å²) in [5.74, 6) is 2.55. The Morgan fingerprint density at radius 3 is 2.28 bits per heavy atom. The van der Waals surface area contributed by atoms with Crippen molar-refractivity contribution in [1.29, 1.82) is 0 Å². The lowest BCUT2D eigenvalue weighted by molar-refractivity contribution is 0.0748. The molecule has 6 aliphatic rings. The number of hydrogen-bond acceptors (Lipinski definition) is 12. The molecule has 12 rings (SSSR count). The highest BCUT2D eigenvalue weighted by Gasteiger charge is 2.46. The average Bonchev–Trinajstić information content (AvgIpc) is 3.90. The maximum Gasteiger partial charge on any atom is 0.319 e. The first-order valence-electron chi connectivity index (χ1n) is 26.6. The van der Waals surface area contributed by atoms with Crippen LogP contribution in [0.1, 0.15) is 109 Å². The number of phenolic OH excluding ortho intramolecular Hbond substituents is 3. The third-order valence-electron chi connectivity index (χ3n) is 17.2. The molecular formula is C59H64F2N8O5. The lowest BCUT2D eigenvalue weighted by Gasteiger charge is -2.41. The minimum Gasteiger partial charge on any atom is -0.508 e. The molecule has 2 atom stereocenters. The Morgan fingerprint density at radius 1 is 0.865 bits per heavy atom. The standard InChI is InChI=1S/C59H64F2N8O5/c1-4-44-49(60)10-7-38-22-43(70)23-47(52(38)44)54-53(61)55-48(26-62-54)56(68-30-41-8-9-42(31-68)63-41)65-58(64-55)74-33-59(15-16-59)32-67-19-13-37(14-20-67)36-11-17-66(18-12-36)27-35-5-6-39-28-69(29-40(39)21-35)57(73)46-24-45(34(2)3)50(71)25-51(46)72/h1,5-7,10,21-26,34,36-37,41-42,63,70-72H,8-9,11-20,27-33H2,2-3H3. The number of aromatic nitrogens is 3. The third kappa shape index (κ3) is 9.23. The highest BCUT2D eigenvalue weighted by Crippen LogP contribution is 2.48. The van der Waals surface area contributed by atoms with Crippen molar-refractivity contribution in [3.63, 3.8) is 0 Å². The Hall–Kier alpha value is -6.60. The van der Waals surface area contributed by atoms with Gasteiger partial charge >= 0.3 is 6.01 Å². The van der Waals surface area contributed by atoms with Gasteiger partial charge in [-0.15, -0.1) is 6.42 Å². The number of halogens is 2. The molecular weight excluding hydrogens is 939 g/mol. The molecule has 1 saturated carbocycles. The Bertz CT molecular complexity index is 3220. The summed E-state index contributed by atoms with van der Waals surface area (Å²) >= 11 is 0. The molecule has 4 saturated heterocycles. The number of benzene rings is 4. The number of amides is 1. The molecule has 5 aliphatic heterocycles. The second-order valence-corrected chi connectivity index (χ2v) is 22.6. The van der Waals surface area contributed by atoms with Crippen LogP contribution in [0, 0.1) is 41.2 Å². The van der Waals surface area contributed by atoms with E-state index in [4.69, 9.17) is 21.1 Å². The normalized spacial score (nSPS) is 21.2. The summed E-state index contributed by atoms with van der Waals surface area (Å²) in [6.07, 6.45) is 16.3. The van der Waals surface area contributed by atoms with Crippen LogP contribution in [-0.4, -0.2) is 115 Å². The van der Waals surface area contributed by atoms with Gasteiger partial charge in [0.1, 0.15) is 40.1 Å². The maximum absolute atomic E-state index is 17.2. The fourth-order valence-electron chi connectivity index (χ4n) is 13.0. The van der Waals surface area contributed by atoms with Crippen molar-refractivity contribution in [2.75, 3.05) is 57.3 Å². The van der Waals surface area contributed by atoms with Gasteiger partial charge in [-0.05, 0) is 147 Å². The monoisotopic (exact) mass is 1000 g/mol. The Kier molecular flexibility index (Phi) is 12.6. The summed E-state index contributed by atoms with van der Waals surface area (Å²) in [5.41, 5.74) is 4.48. The summed E-state index contributed by atoms with van der Waals surface area (Å²) in [7, 11) is 0. The van der Waals surface area contributed by atoms with E-state index in [1.54, 1.807) is 17.2 Å². The van der Waals surface area contributed by atoms with Crippen LogP contribution < -0.4 is 15.0 Å². The lowest BCUT2D eigenvalue weighted by Crippen LogP contribution is -2.51. The number of carbonyl (C=O) groups is 1. The first-order valence-corrected chi connectivity index (χ1v) is 26.6. The van der Waals surface area contributed by atoms with E-state index in [2.05, 4.69) is 49.1 Å². The van der Waals surface area contributed by atoms with Gasteiger partial charge in [0.05, 0.1) is 23.1 Å². The molecule has 13 nitrogen and oxygen atoms in total. The van der Waals surface area contributed by atoms with Crippen LogP contribution in [0.25, 0.3) is 32.9 Å². The fourth-order valence-corrected chi connectivity index (χ4v) is 13.0. The Morgan fingerprint density at radius 2 is 1.58 bits per heavy atom. The number of pyridine rings is 1. The largest absolute Gasteiger partial charge is 0.508 e. The second kappa shape index (κ2) is 19.3. The smallest absolute Gasteiger partial charge is 0.319 e. The van der Waals surface area contributed by atoms with E-state index in [0.29, 0.717) is 78.9 Å². The maximum atomic E-state index is 17.2. The van der Waals surface area contributed by atoms with Crippen molar-refractivity contribution in [1.82, 2.24) is 35.0 Å². The minimum absolute atomic E-state index is 0.00256. The van der Waals surface area contributed by atoms with Crippen LogP contribution >= 0.6 is 0 Å². The van der Waals surface area contributed by atoms with Gasteiger partial charge in [0.25, 0.3) is 5.91 Å². The van der Waals surface area contributed by atoms with Crippen LogP contribution in [-0.2, 0) is 19.6 Å². The van der Waals surface area contributed by atoms with Gasteiger partial charge < -0.3 is 40.1 Å². The number of piperazine rings is 1. The number of carbonyl (C=O) groups excluding carboxylic acids is 1. The number of hydrogen-bond donors (Lipinski definition) is 4. The van der Waals surface area contributed by atoms with Crippen molar-refractivity contribution in [3.8, 4) is 46.9 Å². The Balaban J connectivity index is 0.670. The van der Waals surface area contributed by atoms with Crippen molar-refractivity contribution in [2.24, 2.45) is 17.3 Å². The Labute approximate surface area is 430 Å². The van der Waals surface area contributed by atoms with E-state index in [9.17, 15) is 20.1 Å². The molecule has 6 aromatic rings. The predicted molar refractivity (Wildman–Crippen MR) is 280 cm³/mol. The molecule has 2 unspecified atom stereocenters. The summed E-state index contributed by atoms with van der Waals surface area (Å²) in [5, 5.41) is 36.5. The van der Waals surface area contributed by atoms with Crippen LogP contribution in [0.3, 0.4) is 0 Å². The molecule has 4 aromatic carbocycles. The number of nitrogens with zero attached hydrogens (tertiary/aromatic N) is 7. The molecule has 0 spiro atoms. The van der Waals surface area contributed by atoms with Gasteiger partial charge in [0.2, 0.25) is 0 Å². The molecule has 1 aliphatic carbocycles. The van der Waals surface area contributed by atoms with Crippen molar-refractivity contribution in [2.45, 2.75) is 103 Å². The van der Waals surface area contributed by atoms with Crippen molar-refractivity contribution >= 4 is 33.4 Å². The van der Waals surface area contributed by atoms with Crippen LogP contribution in [0.4, 0.5) is 14.6 Å². The molecule has 2 aromatic heterocycles. The van der Waals surface area contributed by atoms with E-state index in [0.717, 1.165) is 76.1 Å². The van der Waals surface area contributed by atoms with Gasteiger partial charge in [-0.3, -0.25) is 14.7 Å². The number of rotatable bonds is 12. The van der Waals surface area contributed by atoms with Crippen LogP contribution in [0.15, 0.2) is 60.8 Å². The number of phenols is 3. The minimum atomic E-state index is -0.721. The predicted octanol–water partition coefficient (Wildman–Crippen LogP) is 9.22.